The SMILES string of the molecule is CC(N)CC(=O)Nc1ccc(N2CCNC(=O)C2)nc1.Cl.Cl. The lowest BCUT2D eigenvalue weighted by Crippen LogP contribution is -2.48. The summed E-state index contributed by atoms with van der Waals surface area (Å²) in [4.78, 5) is 29.0. The monoisotopic (exact) mass is 349 g/mol. The molecule has 0 saturated carbocycles. The lowest BCUT2D eigenvalue weighted by Gasteiger charge is -2.27. The van der Waals surface area contributed by atoms with Crippen molar-refractivity contribution in [1.82, 2.24) is 10.3 Å². The van der Waals surface area contributed by atoms with Crippen molar-refractivity contribution in [2.24, 2.45) is 5.73 Å². The highest BCUT2D eigenvalue weighted by atomic mass is 35.5. The number of nitrogens with two attached hydrogens (primary N) is 1. The van der Waals surface area contributed by atoms with E-state index in [4.69, 9.17) is 5.73 Å². The maximum absolute atomic E-state index is 11.6. The van der Waals surface area contributed by atoms with Crippen LogP contribution < -0.4 is 21.3 Å². The van der Waals surface area contributed by atoms with Crippen molar-refractivity contribution >= 4 is 48.1 Å². The molecule has 2 amide bonds. The number of halogens is 2. The molecule has 1 saturated heterocycles. The molecule has 0 aliphatic carbocycles. The van der Waals surface area contributed by atoms with Crippen LogP contribution in [0.1, 0.15) is 13.3 Å². The largest absolute Gasteiger partial charge is 0.353 e. The minimum Gasteiger partial charge on any atom is -0.353 e. The van der Waals surface area contributed by atoms with Crippen molar-refractivity contribution in [2.75, 3.05) is 29.9 Å². The minimum absolute atomic E-state index is 0. The zero-order valence-electron chi connectivity index (χ0n) is 12.2. The highest BCUT2D eigenvalue weighted by Gasteiger charge is 2.17. The molecule has 2 heterocycles. The van der Waals surface area contributed by atoms with Gasteiger partial charge in [0.15, 0.2) is 0 Å². The van der Waals surface area contributed by atoms with Crippen molar-refractivity contribution in [3.05, 3.63) is 18.3 Å². The highest BCUT2D eigenvalue weighted by Crippen LogP contribution is 2.15. The molecule has 9 heteroatoms. The molecular weight excluding hydrogens is 329 g/mol. The van der Waals surface area contributed by atoms with Crippen molar-refractivity contribution < 1.29 is 9.59 Å². The van der Waals surface area contributed by atoms with E-state index in [2.05, 4.69) is 15.6 Å². The maximum Gasteiger partial charge on any atom is 0.239 e. The van der Waals surface area contributed by atoms with Gasteiger partial charge in [-0.15, -0.1) is 24.8 Å². The molecule has 22 heavy (non-hydrogen) atoms. The summed E-state index contributed by atoms with van der Waals surface area (Å²) in [5, 5.41) is 5.49. The van der Waals surface area contributed by atoms with Crippen molar-refractivity contribution in [2.45, 2.75) is 19.4 Å². The van der Waals surface area contributed by atoms with Crippen LogP contribution >= 0.6 is 24.8 Å². The van der Waals surface area contributed by atoms with E-state index in [1.165, 1.54) is 0 Å². The molecule has 1 aliphatic rings. The Hall–Kier alpha value is -1.57. The Morgan fingerprint density at radius 1 is 1.50 bits per heavy atom. The minimum atomic E-state index is -0.172. The standard InChI is InChI=1S/C13H19N5O2.2ClH/c1-9(14)6-12(19)17-10-2-3-11(16-7-10)18-5-4-15-13(20)8-18;;/h2-3,7,9H,4-6,8,14H2,1H3,(H,15,20)(H,17,19);2*1H. The molecule has 0 bridgehead atoms. The van der Waals surface area contributed by atoms with E-state index < -0.39 is 0 Å². The van der Waals surface area contributed by atoms with Crippen LogP contribution in [0.15, 0.2) is 18.3 Å². The third-order valence-corrected chi connectivity index (χ3v) is 2.90. The lowest BCUT2D eigenvalue weighted by atomic mass is 10.2. The van der Waals surface area contributed by atoms with Gasteiger partial charge in [-0.05, 0) is 19.1 Å². The summed E-state index contributed by atoms with van der Waals surface area (Å²) in [6, 6.07) is 3.39. The zero-order valence-corrected chi connectivity index (χ0v) is 13.9. The Morgan fingerprint density at radius 2 is 2.23 bits per heavy atom. The Balaban J connectivity index is 0.00000220. The van der Waals surface area contributed by atoms with Crippen molar-refractivity contribution in [3.63, 3.8) is 0 Å². The van der Waals surface area contributed by atoms with Crippen molar-refractivity contribution in [3.8, 4) is 0 Å². The van der Waals surface area contributed by atoms with Crippen LogP contribution in [0.2, 0.25) is 0 Å². The molecule has 1 fully saturated rings. The third kappa shape index (κ3) is 6.05. The van der Waals surface area contributed by atoms with Crippen molar-refractivity contribution in [1.29, 1.82) is 0 Å². The molecule has 4 N–H and O–H groups in total. The molecule has 7 nitrogen and oxygen atoms in total. The van der Waals surface area contributed by atoms with Gasteiger partial charge in [-0.25, -0.2) is 4.98 Å². The van der Waals surface area contributed by atoms with Crippen LogP contribution in [-0.4, -0.2) is 42.5 Å². The number of rotatable bonds is 4. The number of aromatic nitrogens is 1. The van der Waals surface area contributed by atoms with Crippen LogP contribution in [0.4, 0.5) is 11.5 Å². The molecule has 0 aromatic carbocycles. The summed E-state index contributed by atoms with van der Waals surface area (Å²) in [7, 11) is 0. The molecule has 1 aliphatic heterocycles. The fraction of sp³-hybridized carbons (Fsp3) is 0.462. The van der Waals surface area contributed by atoms with E-state index in [-0.39, 0.29) is 49.1 Å². The molecule has 1 unspecified atom stereocenters. The molecule has 1 atom stereocenters. The van der Waals surface area contributed by atoms with E-state index in [1.807, 2.05) is 4.90 Å². The van der Waals surface area contributed by atoms with E-state index in [0.29, 0.717) is 18.8 Å². The first-order chi connectivity index (χ1) is 9.54. The molecular formula is C13H21Cl2N5O2. The zero-order chi connectivity index (χ0) is 14.5. The number of carbonyl (C=O) groups is 2. The lowest BCUT2D eigenvalue weighted by molar-refractivity contribution is -0.120. The number of amides is 2. The fourth-order valence-electron chi connectivity index (χ4n) is 1.99. The summed E-state index contributed by atoms with van der Waals surface area (Å²) >= 11 is 0. The van der Waals surface area contributed by atoms with Gasteiger partial charge in [-0.3, -0.25) is 9.59 Å². The predicted octanol–water partition coefficient (Wildman–Crippen LogP) is 0.537. The van der Waals surface area contributed by atoms with Gasteiger partial charge in [-0.1, -0.05) is 0 Å². The third-order valence-electron chi connectivity index (χ3n) is 2.90. The summed E-state index contributed by atoms with van der Waals surface area (Å²) in [5.41, 5.74) is 6.19. The number of anilines is 2. The fourth-order valence-corrected chi connectivity index (χ4v) is 1.99. The number of hydrogen-bond acceptors (Lipinski definition) is 5. The summed E-state index contributed by atoms with van der Waals surface area (Å²) in [6.07, 6.45) is 1.86. The van der Waals surface area contributed by atoms with Gasteiger partial charge in [0.2, 0.25) is 11.8 Å². The van der Waals surface area contributed by atoms with Gasteiger partial charge >= 0.3 is 0 Å². The summed E-state index contributed by atoms with van der Waals surface area (Å²) in [6.45, 7) is 3.44. The summed E-state index contributed by atoms with van der Waals surface area (Å²) < 4.78 is 0. The Bertz CT molecular complexity index is 496. The Labute approximate surface area is 141 Å². The second-order valence-corrected chi connectivity index (χ2v) is 4.91. The topological polar surface area (TPSA) is 100 Å². The maximum atomic E-state index is 11.6. The number of hydrogen-bond donors (Lipinski definition) is 3. The highest BCUT2D eigenvalue weighted by molar-refractivity contribution is 5.91. The van der Waals surface area contributed by atoms with Crippen LogP contribution in [0.25, 0.3) is 0 Å². The van der Waals surface area contributed by atoms with Crippen LogP contribution in [0.3, 0.4) is 0 Å². The van der Waals surface area contributed by atoms with E-state index in [9.17, 15) is 9.59 Å². The molecule has 0 radical (unpaired) electrons. The second kappa shape index (κ2) is 9.45. The van der Waals surface area contributed by atoms with E-state index >= 15 is 0 Å². The summed E-state index contributed by atoms with van der Waals surface area (Å²) in [5.74, 6) is 0.587. The smallest absolute Gasteiger partial charge is 0.239 e. The van der Waals surface area contributed by atoms with Gasteiger partial charge in [-0.2, -0.15) is 0 Å². The molecule has 2 rings (SSSR count). The second-order valence-electron chi connectivity index (χ2n) is 4.91. The van der Waals surface area contributed by atoms with Gasteiger partial charge in [0, 0.05) is 25.6 Å². The average molecular weight is 350 g/mol. The average Bonchev–Trinajstić information content (AvgIpc) is 2.38. The van der Waals surface area contributed by atoms with Gasteiger partial charge in [0.25, 0.3) is 0 Å². The van der Waals surface area contributed by atoms with Crippen LogP contribution in [-0.2, 0) is 9.59 Å². The Morgan fingerprint density at radius 3 is 2.77 bits per heavy atom. The van der Waals surface area contributed by atoms with E-state index in [0.717, 1.165) is 12.4 Å². The first kappa shape index (κ1) is 20.4. The molecule has 124 valence electrons. The van der Waals surface area contributed by atoms with Crippen LogP contribution in [0, 0.1) is 0 Å². The predicted molar refractivity (Wildman–Crippen MR) is 90.9 cm³/mol. The van der Waals surface area contributed by atoms with Gasteiger partial charge < -0.3 is 21.3 Å². The molecule has 0 spiro atoms. The molecule has 1 aromatic heterocycles. The Kier molecular flexibility index (Phi) is 8.77. The number of nitrogens with zero attached hydrogens (tertiary/aromatic N) is 2. The quantitative estimate of drug-likeness (QED) is 0.736. The number of carbonyl (C=O) groups excluding carboxylic acids is 2. The normalized spacial score (nSPS) is 15.0. The first-order valence-corrected chi connectivity index (χ1v) is 6.58. The number of pyridine rings is 1. The van der Waals surface area contributed by atoms with Gasteiger partial charge in [0.1, 0.15) is 5.82 Å². The van der Waals surface area contributed by atoms with E-state index in [1.54, 1.807) is 25.3 Å². The number of nitrogens with one attached hydrogen (secondary N) is 2. The van der Waals surface area contributed by atoms with Crippen LogP contribution in [0.5, 0.6) is 0 Å². The number of piperazine rings is 1. The van der Waals surface area contributed by atoms with Gasteiger partial charge in [0.05, 0.1) is 18.4 Å². The molecule has 1 aromatic rings. The first-order valence-electron chi connectivity index (χ1n) is 6.58.